The summed E-state index contributed by atoms with van der Waals surface area (Å²) in [4.78, 5) is 23.3. The van der Waals surface area contributed by atoms with Crippen molar-refractivity contribution in [3.63, 3.8) is 0 Å². The van der Waals surface area contributed by atoms with Crippen LogP contribution < -0.4 is 10.2 Å². The van der Waals surface area contributed by atoms with Gasteiger partial charge in [-0.05, 0) is 24.3 Å². The smallest absolute Gasteiger partial charge is 0.360 e. The lowest BCUT2D eigenvalue weighted by Crippen LogP contribution is -2.30. The predicted octanol–water partition coefficient (Wildman–Crippen LogP) is 4.48. The first-order chi connectivity index (χ1) is 12.5. The molecule has 2 rings (SSSR count). The van der Waals surface area contributed by atoms with Crippen molar-refractivity contribution >= 4 is 34.6 Å². The van der Waals surface area contributed by atoms with Crippen LogP contribution in [-0.2, 0) is 11.0 Å². The molecule has 6 nitrogen and oxygen atoms in total. The Morgan fingerprint density at radius 2 is 1.96 bits per heavy atom. The number of hydrogen-bond acceptors (Lipinski definition) is 4. The van der Waals surface area contributed by atoms with Gasteiger partial charge in [-0.15, -0.1) is 0 Å². The Balaban J connectivity index is 2.27. The van der Waals surface area contributed by atoms with Crippen LogP contribution in [0.1, 0.15) is 5.56 Å². The van der Waals surface area contributed by atoms with Crippen LogP contribution in [0.2, 0.25) is 5.02 Å². The molecule has 0 bridgehead atoms. The second kappa shape index (κ2) is 7.78. The van der Waals surface area contributed by atoms with Gasteiger partial charge >= 0.3 is 6.18 Å². The Kier molecular flexibility index (Phi) is 5.89. The Bertz CT molecular complexity index is 890. The predicted molar refractivity (Wildman–Crippen MR) is 91.4 cm³/mol. The van der Waals surface area contributed by atoms with Gasteiger partial charge in [-0.3, -0.25) is 14.9 Å². The number of alkyl halides is 3. The number of halogens is 5. The minimum Gasteiger partial charge on any atom is -0.360 e. The van der Waals surface area contributed by atoms with E-state index in [9.17, 15) is 32.5 Å². The SMILES string of the molecule is CN(CC(=O)Nc1cccc(F)c1)c1cc(Cl)c(C(F)(F)F)cc1[N+](=O)[O-]. The van der Waals surface area contributed by atoms with Gasteiger partial charge in [-0.2, -0.15) is 13.2 Å². The zero-order chi connectivity index (χ0) is 20.4. The second-order valence-electron chi connectivity index (χ2n) is 5.49. The number of carbonyl (C=O) groups is 1. The van der Waals surface area contributed by atoms with Gasteiger partial charge in [0.25, 0.3) is 5.69 Å². The molecule has 0 saturated carbocycles. The highest BCUT2D eigenvalue weighted by atomic mass is 35.5. The molecule has 1 amide bonds. The molecule has 0 aliphatic rings. The molecule has 0 unspecified atom stereocenters. The maximum Gasteiger partial charge on any atom is 0.418 e. The van der Waals surface area contributed by atoms with E-state index in [0.717, 1.165) is 17.0 Å². The lowest BCUT2D eigenvalue weighted by atomic mass is 10.1. The number of nitro benzene ring substituents is 1. The van der Waals surface area contributed by atoms with Gasteiger partial charge in [0, 0.05) is 18.8 Å². The van der Waals surface area contributed by atoms with Crippen LogP contribution in [0, 0.1) is 15.9 Å². The second-order valence-corrected chi connectivity index (χ2v) is 5.90. The van der Waals surface area contributed by atoms with Crippen LogP contribution in [0.3, 0.4) is 0 Å². The molecule has 0 spiro atoms. The minimum absolute atomic E-state index is 0.161. The van der Waals surface area contributed by atoms with Crippen molar-refractivity contribution in [1.29, 1.82) is 0 Å². The largest absolute Gasteiger partial charge is 0.418 e. The van der Waals surface area contributed by atoms with E-state index in [1.54, 1.807) is 0 Å². The molecule has 0 atom stereocenters. The number of anilines is 2. The molecule has 0 aliphatic heterocycles. The van der Waals surface area contributed by atoms with E-state index in [2.05, 4.69) is 5.32 Å². The monoisotopic (exact) mass is 405 g/mol. The first-order valence-electron chi connectivity index (χ1n) is 7.30. The van der Waals surface area contributed by atoms with E-state index in [0.29, 0.717) is 6.07 Å². The van der Waals surface area contributed by atoms with E-state index in [-0.39, 0.29) is 11.4 Å². The van der Waals surface area contributed by atoms with E-state index in [4.69, 9.17) is 11.6 Å². The lowest BCUT2D eigenvalue weighted by molar-refractivity contribution is -0.384. The van der Waals surface area contributed by atoms with Gasteiger partial charge in [-0.1, -0.05) is 17.7 Å². The zero-order valence-corrected chi connectivity index (χ0v) is 14.4. The van der Waals surface area contributed by atoms with Crippen LogP contribution in [0.4, 0.5) is 34.6 Å². The molecule has 0 fully saturated rings. The summed E-state index contributed by atoms with van der Waals surface area (Å²) in [6.07, 6.45) is -4.87. The van der Waals surface area contributed by atoms with Crippen LogP contribution in [-0.4, -0.2) is 24.4 Å². The highest BCUT2D eigenvalue weighted by Gasteiger charge is 2.36. The molecule has 0 heterocycles. The topological polar surface area (TPSA) is 75.5 Å². The number of hydrogen-bond donors (Lipinski definition) is 1. The molecule has 11 heteroatoms. The number of carbonyl (C=O) groups excluding carboxylic acids is 1. The normalized spacial score (nSPS) is 11.2. The van der Waals surface area contributed by atoms with Crippen LogP contribution >= 0.6 is 11.6 Å². The summed E-state index contributed by atoms with van der Waals surface area (Å²) < 4.78 is 51.8. The number of rotatable bonds is 5. The van der Waals surface area contributed by atoms with E-state index in [1.165, 1.54) is 25.2 Å². The van der Waals surface area contributed by atoms with Gasteiger partial charge in [0.05, 0.1) is 22.1 Å². The number of nitro groups is 1. The Hall–Kier alpha value is -2.88. The zero-order valence-electron chi connectivity index (χ0n) is 13.7. The standard InChI is InChI=1S/C16H12ClF4N3O3/c1-23(8-15(25)22-10-4-2-3-9(18)5-10)13-7-12(17)11(16(19,20)21)6-14(13)24(26)27/h2-7H,8H2,1H3,(H,22,25). The van der Waals surface area contributed by atoms with Crippen molar-refractivity contribution < 1.29 is 27.3 Å². The fourth-order valence-corrected chi connectivity index (χ4v) is 2.55. The van der Waals surface area contributed by atoms with Gasteiger partial charge in [0.15, 0.2) is 0 Å². The number of likely N-dealkylation sites (N-methyl/N-ethyl adjacent to an activating group) is 1. The molecule has 0 aromatic heterocycles. The lowest BCUT2D eigenvalue weighted by Gasteiger charge is -2.20. The van der Waals surface area contributed by atoms with E-state index >= 15 is 0 Å². The quantitative estimate of drug-likeness (QED) is 0.452. The fourth-order valence-electron chi connectivity index (χ4n) is 2.29. The van der Waals surface area contributed by atoms with Gasteiger partial charge in [0.2, 0.25) is 5.91 Å². The van der Waals surface area contributed by atoms with Crippen LogP contribution in [0.25, 0.3) is 0 Å². The number of amides is 1. The Morgan fingerprint density at radius 3 is 2.52 bits per heavy atom. The molecule has 1 N–H and O–H groups in total. The van der Waals surface area contributed by atoms with Gasteiger partial charge in [0.1, 0.15) is 11.5 Å². The van der Waals surface area contributed by atoms with E-state index in [1.807, 2.05) is 0 Å². The van der Waals surface area contributed by atoms with Crippen molar-refractivity contribution in [2.24, 2.45) is 0 Å². The van der Waals surface area contributed by atoms with Gasteiger partial charge in [-0.25, -0.2) is 4.39 Å². The van der Waals surface area contributed by atoms with Crippen LogP contribution in [0.5, 0.6) is 0 Å². The summed E-state index contributed by atoms with van der Waals surface area (Å²) in [7, 11) is 1.27. The summed E-state index contributed by atoms with van der Waals surface area (Å²) in [5.74, 6) is -1.24. The molecule has 144 valence electrons. The Morgan fingerprint density at radius 1 is 1.30 bits per heavy atom. The molecule has 27 heavy (non-hydrogen) atoms. The average molecular weight is 406 g/mol. The number of benzene rings is 2. The minimum atomic E-state index is -4.87. The summed E-state index contributed by atoms with van der Waals surface area (Å²) in [5, 5.41) is 12.8. The first-order valence-corrected chi connectivity index (χ1v) is 7.68. The molecular formula is C16H12ClF4N3O3. The van der Waals surface area contributed by atoms with Crippen LogP contribution in [0.15, 0.2) is 36.4 Å². The molecule has 2 aromatic rings. The number of nitrogens with one attached hydrogen (secondary N) is 1. The molecule has 0 aliphatic carbocycles. The van der Waals surface area contributed by atoms with Crippen molar-refractivity contribution in [2.45, 2.75) is 6.18 Å². The fraction of sp³-hybridized carbons (Fsp3) is 0.188. The molecule has 2 aromatic carbocycles. The Labute approximate surface area is 155 Å². The maximum absolute atomic E-state index is 13.1. The third-order valence-corrected chi connectivity index (χ3v) is 3.78. The average Bonchev–Trinajstić information content (AvgIpc) is 2.52. The molecule has 0 saturated heterocycles. The third kappa shape index (κ3) is 5.07. The first kappa shape index (κ1) is 20.4. The van der Waals surface area contributed by atoms with Crippen molar-refractivity contribution in [3.8, 4) is 0 Å². The van der Waals surface area contributed by atoms with Crippen molar-refractivity contribution in [1.82, 2.24) is 0 Å². The summed E-state index contributed by atoms with van der Waals surface area (Å²) >= 11 is 5.61. The molecular weight excluding hydrogens is 394 g/mol. The number of nitrogens with zero attached hydrogens (tertiary/aromatic N) is 2. The van der Waals surface area contributed by atoms with Gasteiger partial charge < -0.3 is 10.2 Å². The summed E-state index contributed by atoms with van der Waals surface area (Å²) in [6.45, 7) is -0.445. The summed E-state index contributed by atoms with van der Waals surface area (Å²) in [6, 6.07) is 6.13. The highest BCUT2D eigenvalue weighted by Crippen LogP contribution is 2.41. The third-order valence-electron chi connectivity index (χ3n) is 3.47. The van der Waals surface area contributed by atoms with Crippen molar-refractivity contribution in [2.75, 3.05) is 23.8 Å². The molecule has 0 radical (unpaired) electrons. The van der Waals surface area contributed by atoms with Crippen molar-refractivity contribution in [3.05, 3.63) is 62.9 Å². The maximum atomic E-state index is 13.1. The summed E-state index contributed by atoms with van der Waals surface area (Å²) in [5.41, 5.74) is -2.31. The van der Waals surface area contributed by atoms with E-state index < -0.39 is 45.6 Å². The highest BCUT2D eigenvalue weighted by molar-refractivity contribution is 6.31.